The van der Waals surface area contributed by atoms with E-state index in [9.17, 15) is 0 Å². The lowest BCUT2D eigenvalue weighted by Crippen LogP contribution is -2.42. The van der Waals surface area contributed by atoms with Crippen LogP contribution in [0.5, 0.6) is 11.5 Å². The van der Waals surface area contributed by atoms with E-state index in [0.29, 0.717) is 12.6 Å². The Morgan fingerprint density at radius 1 is 1.28 bits per heavy atom. The second-order valence-electron chi connectivity index (χ2n) is 5.88. The van der Waals surface area contributed by atoms with Gasteiger partial charge in [-0.3, -0.25) is 0 Å². The molecule has 2 atom stereocenters. The highest BCUT2D eigenvalue weighted by Crippen LogP contribution is 2.28. The minimum atomic E-state index is 0. The minimum absolute atomic E-state index is 0. The summed E-state index contributed by atoms with van der Waals surface area (Å²) in [5.41, 5.74) is 1.05. The van der Waals surface area contributed by atoms with Crippen molar-refractivity contribution in [3.8, 4) is 11.5 Å². The number of rotatable bonds is 7. The predicted octanol–water partition coefficient (Wildman–Crippen LogP) is 3.66. The Bertz CT molecular complexity index is 557. The van der Waals surface area contributed by atoms with Gasteiger partial charge in [0.25, 0.3) is 0 Å². The Hall–Kier alpha value is -0.830. The second kappa shape index (κ2) is 11.7. The lowest BCUT2D eigenvalue weighted by molar-refractivity contribution is 0.391. The van der Waals surface area contributed by atoms with Gasteiger partial charge >= 0.3 is 0 Å². The van der Waals surface area contributed by atoms with Gasteiger partial charge in [-0.1, -0.05) is 0 Å². The number of hydrogen-bond acceptors (Lipinski definition) is 4. The van der Waals surface area contributed by atoms with Crippen molar-refractivity contribution in [3.05, 3.63) is 23.8 Å². The van der Waals surface area contributed by atoms with Crippen molar-refractivity contribution in [1.29, 1.82) is 0 Å². The topological polar surface area (TPSA) is 54.9 Å². The van der Waals surface area contributed by atoms with Gasteiger partial charge in [-0.05, 0) is 44.6 Å². The average Bonchev–Trinajstić information content (AvgIpc) is 3.07. The molecule has 1 aliphatic rings. The average molecular weight is 479 g/mol. The molecule has 1 fully saturated rings. The van der Waals surface area contributed by atoms with Crippen LogP contribution in [0.4, 0.5) is 0 Å². The summed E-state index contributed by atoms with van der Waals surface area (Å²) in [6.07, 6.45) is 5.89. The Balaban J connectivity index is 0.00000312. The van der Waals surface area contributed by atoms with E-state index >= 15 is 0 Å². The van der Waals surface area contributed by atoms with E-state index in [0.717, 1.165) is 34.8 Å². The monoisotopic (exact) mass is 479 g/mol. The molecule has 7 heteroatoms. The van der Waals surface area contributed by atoms with E-state index in [4.69, 9.17) is 14.5 Å². The predicted molar refractivity (Wildman–Crippen MR) is 118 cm³/mol. The molecule has 2 N–H and O–H groups in total. The first-order valence-corrected chi connectivity index (χ1v) is 9.77. The summed E-state index contributed by atoms with van der Waals surface area (Å²) in [5, 5.41) is 7.68. The number of methoxy groups -OCH3 is 2. The third-order valence-corrected chi connectivity index (χ3v) is 5.40. The molecule has 5 nitrogen and oxygen atoms in total. The van der Waals surface area contributed by atoms with Gasteiger partial charge in [0, 0.05) is 29.5 Å². The fourth-order valence-electron chi connectivity index (χ4n) is 2.95. The van der Waals surface area contributed by atoms with E-state index in [1.54, 1.807) is 14.2 Å². The Morgan fingerprint density at radius 2 is 2.08 bits per heavy atom. The number of thioether (sulfide) groups is 1. The van der Waals surface area contributed by atoms with Crippen molar-refractivity contribution in [2.45, 2.75) is 44.0 Å². The molecule has 25 heavy (non-hydrogen) atoms. The van der Waals surface area contributed by atoms with Gasteiger partial charge in [0.15, 0.2) is 5.96 Å². The number of aliphatic imine (C=N–C) groups is 1. The van der Waals surface area contributed by atoms with E-state index in [-0.39, 0.29) is 24.0 Å². The Kier molecular flexibility index (Phi) is 10.4. The van der Waals surface area contributed by atoms with Gasteiger partial charge in [0.05, 0.1) is 20.8 Å². The normalized spacial score (nSPS) is 19.9. The smallest absolute Gasteiger partial charge is 0.191 e. The maximum Gasteiger partial charge on any atom is 0.191 e. The quantitative estimate of drug-likeness (QED) is 0.355. The number of nitrogens with zero attached hydrogens (tertiary/aromatic N) is 1. The molecule has 0 radical (unpaired) electrons. The summed E-state index contributed by atoms with van der Waals surface area (Å²) in [5.74, 6) is 2.47. The van der Waals surface area contributed by atoms with Gasteiger partial charge in [-0.25, -0.2) is 4.99 Å². The summed E-state index contributed by atoms with van der Waals surface area (Å²) in [6, 6.07) is 6.35. The Morgan fingerprint density at radius 3 is 2.68 bits per heavy atom. The zero-order chi connectivity index (χ0) is 17.4. The highest BCUT2D eigenvalue weighted by Gasteiger charge is 2.24. The minimum Gasteiger partial charge on any atom is -0.497 e. The number of ether oxygens (including phenoxy) is 2. The number of hydrogen-bond donors (Lipinski definition) is 2. The zero-order valence-corrected chi connectivity index (χ0v) is 18.6. The molecule has 2 unspecified atom stereocenters. The van der Waals surface area contributed by atoms with Crippen LogP contribution in [-0.4, -0.2) is 44.3 Å². The molecule has 0 aromatic heterocycles. The van der Waals surface area contributed by atoms with Gasteiger partial charge < -0.3 is 20.1 Å². The van der Waals surface area contributed by atoms with Crippen molar-refractivity contribution < 1.29 is 9.47 Å². The van der Waals surface area contributed by atoms with Crippen LogP contribution in [0.25, 0.3) is 0 Å². The van der Waals surface area contributed by atoms with Crippen molar-refractivity contribution in [3.63, 3.8) is 0 Å². The molecule has 0 saturated heterocycles. The fraction of sp³-hybridized carbons (Fsp3) is 0.611. The molecule has 1 aromatic rings. The summed E-state index contributed by atoms with van der Waals surface area (Å²) in [4.78, 5) is 4.73. The molecule has 0 bridgehead atoms. The van der Waals surface area contributed by atoms with Crippen molar-refractivity contribution in [1.82, 2.24) is 10.6 Å². The first-order chi connectivity index (χ1) is 11.7. The van der Waals surface area contributed by atoms with Crippen LogP contribution in [0.15, 0.2) is 23.2 Å². The summed E-state index contributed by atoms with van der Waals surface area (Å²) < 4.78 is 10.7. The molecular formula is C18H30IN3O2S. The lowest BCUT2D eigenvalue weighted by Gasteiger charge is -2.17. The summed E-state index contributed by atoms with van der Waals surface area (Å²) >= 11 is 1.97. The van der Waals surface area contributed by atoms with Crippen LogP contribution >= 0.6 is 35.7 Å². The molecular weight excluding hydrogens is 449 g/mol. The van der Waals surface area contributed by atoms with Crippen molar-refractivity contribution in [2.75, 3.05) is 27.0 Å². The van der Waals surface area contributed by atoms with Crippen LogP contribution in [0.3, 0.4) is 0 Å². The van der Waals surface area contributed by atoms with Gasteiger partial charge in [0.2, 0.25) is 0 Å². The highest BCUT2D eigenvalue weighted by atomic mass is 127. The lowest BCUT2D eigenvalue weighted by atomic mass is 10.2. The molecule has 0 heterocycles. The summed E-state index contributed by atoms with van der Waals surface area (Å²) in [7, 11) is 3.33. The first-order valence-electron chi connectivity index (χ1n) is 8.48. The highest BCUT2D eigenvalue weighted by molar-refractivity contribution is 14.0. The molecule has 0 amide bonds. The van der Waals surface area contributed by atoms with Crippen LogP contribution < -0.4 is 20.1 Å². The van der Waals surface area contributed by atoms with E-state index in [1.165, 1.54) is 19.3 Å². The summed E-state index contributed by atoms with van der Waals surface area (Å²) in [6.45, 7) is 3.51. The molecule has 1 saturated carbocycles. The van der Waals surface area contributed by atoms with Crippen LogP contribution in [-0.2, 0) is 6.54 Å². The second-order valence-corrected chi connectivity index (χ2v) is 7.02. The van der Waals surface area contributed by atoms with E-state index in [1.807, 2.05) is 30.0 Å². The largest absolute Gasteiger partial charge is 0.497 e. The molecule has 2 rings (SSSR count). The van der Waals surface area contributed by atoms with E-state index < -0.39 is 0 Å². The van der Waals surface area contributed by atoms with Crippen LogP contribution in [0, 0.1) is 0 Å². The van der Waals surface area contributed by atoms with E-state index in [2.05, 4.69) is 23.8 Å². The molecule has 0 spiro atoms. The maximum atomic E-state index is 5.45. The molecule has 142 valence electrons. The molecule has 1 aromatic carbocycles. The van der Waals surface area contributed by atoms with Gasteiger partial charge in [-0.2, -0.15) is 11.8 Å². The third kappa shape index (κ3) is 6.77. The number of benzene rings is 1. The number of guanidine groups is 1. The molecule has 0 aliphatic heterocycles. The third-order valence-electron chi connectivity index (χ3n) is 4.30. The van der Waals surface area contributed by atoms with Crippen LogP contribution in [0.2, 0.25) is 0 Å². The van der Waals surface area contributed by atoms with Crippen molar-refractivity contribution >= 4 is 41.7 Å². The van der Waals surface area contributed by atoms with Crippen LogP contribution in [0.1, 0.15) is 31.7 Å². The standard InChI is InChI=1S/C18H29N3O2S.HI/c1-5-19-18(21-14-7-9-16(10-14)24-4)20-12-13-6-8-15(22-2)11-17(13)23-3;/h6,8,11,14,16H,5,7,9-10,12H2,1-4H3,(H2,19,20,21);1H. The molecule has 1 aliphatic carbocycles. The number of nitrogens with one attached hydrogen (secondary N) is 2. The first kappa shape index (κ1) is 22.2. The SMILES string of the molecule is CCNC(=NCc1ccc(OC)cc1OC)NC1CCC(SC)C1.I. The fourth-order valence-corrected chi connectivity index (χ4v) is 3.74. The zero-order valence-electron chi connectivity index (χ0n) is 15.5. The maximum absolute atomic E-state index is 5.45. The number of halogens is 1. The Labute approximate surface area is 172 Å². The van der Waals surface area contributed by atoms with Gasteiger partial charge in [0.1, 0.15) is 11.5 Å². The van der Waals surface area contributed by atoms with Gasteiger partial charge in [-0.15, -0.1) is 24.0 Å². The van der Waals surface area contributed by atoms with Crippen molar-refractivity contribution in [2.24, 2.45) is 4.99 Å².